The van der Waals surface area contributed by atoms with Crippen LogP contribution in [0.15, 0.2) is 54.9 Å². The SMILES string of the molecule is CN(C)c1ccc(-c2nc[nH]c2-c2ccc(Cl)cc2)cc1. The Hall–Kier alpha value is -2.26. The molecule has 3 aromatic rings. The first-order chi connectivity index (χ1) is 10.1. The lowest BCUT2D eigenvalue weighted by molar-refractivity contribution is 1.13. The van der Waals surface area contributed by atoms with Crippen LogP contribution in [-0.4, -0.2) is 24.1 Å². The van der Waals surface area contributed by atoms with Crippen LogP contribution in [0.5, 0.6) is 0 Å². The molecule has 0 unspecified atom stereocenters. The molecule has 0 aliphatic rings. The molecule has 1 N–H and O–H groups in total. The van der Waals surface area contributed by atoms with E-state index in [0.717, 1.165) is 27.5 Å². The van der Waals surface area contributed by atoms with Crippen molar-refractivity contribution < 1.29 is 0 Å². The van der Waals surface area contributed by atoms with Crippen molar-refractivity contribution in [3.05, 3.63) is 59.9 Å². The maximum atomic E-state index is 5.95. The van der Waals surface area contributed by atoms with Crippen LogP contribution in [0, 0.1) is 0 Å². The highest BCUT2D eigenvalue weighted by molar-refractivity contribution is 6.30. The van der Waals surface area contributed by atoms with E-state index in [1.807, 2.05) is 38.4 Å². The Morgan fingerprint density at radius 2 is 1.52 bits per heavy atom. The van der Waals surface area contributed by atoms with Crippen LogP contribution in [0.3, 0.4) is 0 Å². The van der Waals surface area contributed by atoms with E-state index in [9.17, 15) is 0 Å². The standard InChI is InChI=1S/C17H16ClN3/c1-21(2)15-9-5-13(6-10-15)17-16(19-11-20-17)12-3-7-14(18)8-4-12/h3-11H,1-2H3,(H,19,20). The lowest BCUT2D eigenvalue weighted by Gasteiger charge is -2.12. The number of rotatable bonds is 3. The Labute approximate surface area is 129 Å². The molecule has 0 spiro atoms. The number of H-pyrrole nitrogens is 1. The fourth-order valence-electron chi connectivity index (χ4n) is 2.27. The number of hydrogen-bond acceptors (Lipinski definition) is 2. The van der Waals surface area contributed by atoms with Crippen molar-refractivity contribution in [3.63, 3.8) is 0 Å². The highest BCUT2D eigenvalue weighted by atomic mass is 35.5. The van der Waals surface area contributed by atoms with Gasteiger partial charge in [-0.3, -0.25) is 0 Å². The van der Waals surface area contributed by atoms with Gasteiger partial charge in [0.05, 0.1) is 17.7 Å². The molecule has 0 bridgehead atoms. The van der Waals surface area contributed by atoms with Crippen LogP contribution in [0.25, 0.3) is 22.5 Å². The van der Waals surface area contributed by atoms with Gasteiger partial charge in [0.15, 0.2) is 0 Å². The third kappa shape index (κ3) is 2.78. The van der Waals surface area contributed by atoms with E-state index in [1.54, 1.807) is 6.33 Å². The van der Waals surface area contributed by atoms with Gasteiger partial charge in [0, 0.05) is 35.9 Å². The van der Waals surface area contributed by atoms with E-state index in [-0.39, 0.29) is 0 Å². The topological polar surface area (TPSA) is 31.9 Å². The fourth-order valence-corrected chi connectivity index (χ4v) is 2.39. The molecule has 106 valence electrons. The normalized spacial score (nSPS) is 10.6. The van der Waals surface area contributed by atoms with E-state index < -0.39 is 0 Å². The minimum absolute atomic E-state index is 0.732. The molecule has 4 heteroatoms. The Balaban J connectivity index is 2.00. The number of nitrogens with one attached hydrogen (secondary N) is 1. The summed E-state index contributed by atoms with van der Waals surface area (Å²) in [6, 6.07) is 16.1. The van der Waals surface area contributed by atoms with Crippen LogP contribution in [0.2, 0.25) is 5.02 Å². The summed E-state index contributed by atoms with van der Waals surface area (Å²) in [6.07, 6.45) is 1.72. The zero-order valence-electron chi connectivity index (χ0n) is 12.0. The van der Waals surface area contributed by atoms with Gasteiger partial charge in [0.2, 0.25) is 0 Å². The van der Waals surface area contributed by atoms with E-state index in [1.165, 1.54) is 5.69 Å². The minimum Gasteiger partial charge on any atom is -0.378 e. The van der Waals surface area contributed by atoms with Gasteiger partial charge in [-0.15, -0.1) is 0 Å². The van der Waals surface area contributed by atoms with Crippen molar-refractivity contribution in [1.82, 2.24) is 9.97 Å². The third-order valence-corrected chi connectivity index (χ3v) is 3.68. The molecular formula is C17H16ClN3. The average Bonchev–Trinajstić information content (AvgIpc) is 2.97. The van der Waals surface area contributed by atoms with Gasteiger partial charge in [-0.25, -0.2) is 4.98 Å². The number of aromatic nitrogens is 2. The van der Waals surface area contributed by atoms with Crippen LogP contribution >= 0.6 is 11.6 Å². The summed E-state index contributed by atoms with van der Waals surface area (Å²) >= 11 is 5.95. The maximum absolute atomic E-state index is 5.95. The Morgan fingerprint density at radius 3 is 2.14 bits per heavy atom. The van der Waals surface area contributed by atoms with Gasteiger partial charge in [-0.2, -0.15) is 0 Å². The summed E-state index contributed by atoms with van der Waals surface area (Å²) in [7, 11) is 4.06. The molecule has 0 saturated heterocycles. The van der Waals surface area contributed by atoms with Crippen molar-refractivity contribution in [3.8, 4) is 22.5 Å². The maximum Gasteiger partial charge on any atom is 0.0961 e. The summed E-state index contributed by atoms with van der Waals surface area (Å²) in [5, 5.41) is 0.732. The van der Waals surface area contributed by atoms with Crippen molar-refractivity contribution in [2.45, 2.75) is 0 Å². The monoisotopic (exact) mass is 297 g/mol. The molecule has 0 aliphatic carbocycles. The van der Waals surface area contributed by atoms with Crippen molar-refractivity contribution in [2.75, 3.05) is 19.0 Å². The van der Waals surface area contributed by atoms with Crippen LogP contribution in [0.4, 0.5) is 5.69 Å². The third-order valence-electron chi connectivity index (χ3n) is 3.43. The molecule has 0 aliphatic heterocycles. The lowest BCUT2D eigenvalue weighted by Crippen LogP contribution is -2.07. The minimum atomic E-state index is 0.732. The Morgan fingerprint density at radius 1 is 0.905 bits per heavy atom. The molecule has 0 atom stereocenters. The number of hydrogen-bond donors (Lipinski definition) is 1. The quantitative estimate of drug-likeness (QED) is 0.774. The number of nitrogens with zero attached hydrogens (tertiary/aromatic N) is 2. The molecule has 0 radical (unpaired) electrons. The molecule has 1 aromatic heterocycles. The first kappa shape index (κ1) is 13.7. The van der Waals surface area contributed by atoms with Crippen LogP contribution in [-0.2, 0) is 0 Å². The summed E-state index contributed by atoms with van der Waals surface area (Å²) in [6.45, 7) is 0. The van der Waals surface area contributed by atoms with Gasteiger partial charge in [-0.05, 0) is 24.3 Å². The zero-order valence-corrected chi connectivity index (χ0v) is 12.7. The zero-order chi connectivity index (χ0) is 14.8. The number of halogens is 1. The van der Waals surface area contributed by atoms with Crippen LogP contribution < -0.4 is 4.90 Å². The van der Waals surface area contributed by atoms with Crippen molar-refractivity contribution in [2.24, 2.45) is 0 Å². The molecule has 2 aromatic carbocycles. The smallest absolute Gasteiger partial charge is 0.0961 e. The summed E-state index contributed by atoms with van der Waals surface area (Å²) < 4.78 is 0. The molecule has 0 amide bonds. The van der Waals surface area contributed by atoms with Crippen LogP contribution in [0.1, 0.15) is 0 Å². The van der Waals surface area contributed by atoms with Crippen molar-refractivity contribution in [1.29, 1.82) is 0 Å². The van der Waals surface area contributed by atoms with E-state index >= 15 is 0 Å². The Kier molecular flexibility index (Phi) is 3.67. The average molecular weight is 298 g/mol. The lowest BCUT2D eigenvalue weighted by atomic mass is 10.0. The van der Waals surface area contributed by atoms with Gasteiger partial charge in [0.1, 0.15) is 0 Å². The van der Waals surface area contributed by atoms with Gasteiger partial charge in [-0.1, -0.05) is 35.9 Å². The van der Waals surface area contributed by atoms with E-state index in [4.69, 9.17) is 11.6 Å². The van der Waals surface area contributed by atoms with E-state index in [0.29, 0.717) is 0 Å². The number of anilines is 1. The van der Waals surface area contributed by atoms with E-state index in [2.05, 4.69) is 39.1 Å². The molecule has 0 fully saturated rings. The molecule has 1 heterocycles. The molecule has 0 saturated carbocycles. The molecular weight excluding hydrogens is 282 g/mol. The molecule has 21 heavy (non-hydrogen) atoms. The highest BCUT2D eigenvalue weighted by Crippen LogP contribution is 2.30. The number of aromatic amines is 1. The highest BCUT2D eigenvalue weighted by Gasteiger charge is 2.10. The summed E-state index contributed by atoms with van der Waals surface area (Å²) in [5.74, 6) is 0. The second-order valence-electron chi connectivity index (χ2n) is 5.07. The first-order valence-electron chi connectivity index (χ1n) is 6.72. The predicted octanol–water partition coefficient (Wildman–Crippen LogP) is 4.46. The Bertz CT molecular complexity index is 727. The first-order valence-corrected chi connectivity index (χ1v) is 7.10. The largest absolute Gasteiger partial charge is 0.378 e. The fraction of sp³-hybridized carbons (Fsp3) is 0.118. The summed E-state index contributed by atoms with van der Waals surface area (Å²) in [4.78, 5) is 9.75. The number of benzene rings is 2. The molecule has 3 nitrogen and oxygen atoms in total. The number of imidazole rings is 1. The van der Waals surface area contributed by atoms with Crippen molar-refractivity contribution >= 4 is 17.3 Å². The van der Waals surface area contributed by atoms with Gasteiger partial charge in [0.25, 0.3) is 0 Å². The predicted molar refractivity (Wildman–Crippen MR) is 88.8 cm³/mol. The summed E-state index contributed by atoms with van der Waals surface area (Å²) in [5.41, 5.74) is 5.28. The van der Waals surface area contributed by atoms with Gasteiger partial charge >= 0.3 is 0 Å². The van der Waals surface area contributed by atoms with Gasteiger partial charge < -0.3 is 9.88 Å². The second kappa shape index (κ2) is 5.62. The second-order valence-corrected chi connectivity index (χ2v) is 5.51. The molecule has 3 rings (SSSR count).